The first-order valence-corrected chi connectivity index (χ1v) is 14.1. The van der Waals surface area contributed by atoms with Crippen LogP contribution in [0.15, 0.2) is 36.4 Å². The van der Waals surface area contributed by atoms with Gasteiger partial charge in [0.05, 0.1) is 10.7 Å². The maximum atomic E-state index is 14.3. The number of alkyl carbamates (subject to hydrolysis) is 1. The maximum Gasteiger partial charge on any atom is 0.408 e. The molecule has 0 saturated heterocycles. The number of rotatable bonds is 9. The van der Waals surface area contributed by atoms with Crippen LogP contribution in [0, 0.1) is 20.8 Å². The number of carbonyl (C=O) groups excluding carboxylic acids is 3. The van der Waals surface area contributed by atoms with Crippen molar-refractivity contribution in [2.75, 3.05) is 11.1 Å². The summed E-state index contributed by atoms with van der Waals surface area (Å²) in [6.45, 7) is 16.7. The van der Waals surface area contributed by atoms with E-state index < -0.39 is 41.1 Å². The van der Waals surface area contributed by atoms with Gasteiger partial charge >= 0.3 is 6.09 Å². The van der Waals surface area contributed by atoms with Crippen LogP contribution >= 0.6 is 24.2 Å². The molecule has 0 aliphatic rings. The third-order valence-corrected chi connectivity index (χ3v) is 7.40. The van der Waals surface area contributed by atoms with Crippen LogP contribution in [-0.4, -0.2) is 45.7 Å². The van der Waals surface area contributed by atoms with Crippen LogP contribution in [0.25, 0.3) is 0 Å². The van der Waals surface area contributed by atoms with Gasteiger partial charge in [-0.05, 0) is 90.1 Å². The van der Waals surface area contributed by atoms with Crippen LogP contribution in [-0.2, 0) is 14.3 Å². The van der Waals surface area contributed by atoms with E-state index in [4.69, 9.17) is 16.3 Å². The minimum Gasteiger partial charge on any atom is -0.444 e. The number of aryl methyl sites for hydroxylation is 3. The highest BCUT2D eigenvalue weighted by molar-refractivity contribution is 7.80. The third-order valence-electron chi connectivity index (χ3n) is 6.72. The van der Waals surface area contributed by atoms with Gasteiger partial charge in [-0.15, -0.1) is 0 Å². The Bertz CT molecular complexity index is 1170. The molecule has 0 spiro atoms. The van der Waals surface area contributed by atoms with Crippen molar-refractivity contribution in [1.82, 2.24) is 10.2 Å². The first-order chi connectivity index (χ1) is 18.0. The van der Waals surface area contributed by atoms with E-state index in [-0.39, 0.29) is 5.75 Å². The molecule has 214 valence electrons. The molecule has 0 aromatic heterocycles. The quantitative estimate of drug-likeness (QED) is 0.287. The van der Waals surface area contributed by atoms with Crippen molar-refractivity contribution in [3.63, 3.8) is 0 Å². The second kappa shape index (κ2) is 13.1. The summed E-state index contributed by atoms with van der Waals surface area (Å²) in [5.41, 5.74) is 2.19. The number of nitrogens with one attached hydrogen (secondary N) is 2. The van der Waals surface area contributed by atoms with E-state index in [0.717, 1.165) is 16.7 Å². The molecular weight excluding hydrogens is 534 g/mol. The van der Waals surface area contributed by atoms with Gasteiger partial charge in [0, 0.05) is 11.3 Å². The lowest BCUT2D eigenvalue weighted by Crippen LogP contribution is -2.59. The molecule has 2 atom stereocenters. The van der Waals surface area contributed by atoms with E-state index in [2.05, 4.69) is 23.3 Å². The Hall–Kier alpha value is -2.71. The lowest BCUT2D eigenvalue weighted by atomic mass is 9.88. The number of amides is 3. The topological polar surface area (TPSA) is 87.7 Å². The predicted octanol–water partition coefficient (Wildman–Crippen LogP) is 6.79. The monoisotopic (exact) mass is 575 g/mol. The van der Waals surface area contributed by atoms with Crippen LogP contribution in [0.1, 0.15) is 76.3 Å². The Morgan fingerprint density at radius 3 is 2.00 bits per heavy atom. The number of ether oxygens (including phenoxy) is 1. The van der Waals surface area contributed by atoms with E-state index in [1.165, 1.54) is 0 Å². The van der Waals surface area contributed by atoms with Gasteiger partial charge in [0.2, 0.25) is 5.91 Å². The number of nitrogens with zero attached hydrogens (tertiary/aromatic N) is 1. The molecule has 0 radical (unpaired) electrons. The van der Waals surface area contributed by atoms with Crippen LogP contribution in [0.5, 0.6) is 0 Å². The molecule has 0 fully saturated rings. The van der Waals surface area contributed by atoms with Crippen LogP contribution in [0.4, 0.5) is 10.5 Å². The minimum atomic E-state index is -1.03. The Kier molecular flexibility index (Phi) is 10.9. The molecule has 2 unspecified atom stereocenters. The van der Waals surface area contributed by atoms with Gasteiger partial charge in [-0.25, -0.2) is 4.79 Å². The van der Waals surface area contributed by atoms with Gasteiger partial charge in [0.25, 0.3) is 5.91 Å². The molecule has 3 amide bonds. The highest BCUT2D eigenvalue weighted by Gasteiger charge is 2.44. The molecule has 2 rings (SSSR count). The van der Waals surface area contributed by atoms with E-state index in [1.807, 2.05) is 71.9 Å². The number of hydrogen-bond donors (Lipinski definition) is 3. The zero-order chi connectivity index (χ0) is 29.7. The summed E-state index contributed by atoms with van der Waals surface area (Å²) in [6.07, 6.45) is -0.187. The van der Waals surface area contributed by atoms with E-state index in [1.54, 1.807) is 31.7 Å². The summed E-state index contributed by atoms with van der Waals surface area (Å²) in [5.74, 6) is -0.839. The summed E-state index contributed by atoms with van der Waals surface area (Å²) in [4.78, 5) is 42.8. The van der Waals surface area contributed by atoms with Crippen molar-refractivity contribution in [3.8, 4) is 0 Å². The number of thiol groups is 1. The zero-order valence-corrected chi connectivity index (χ0v) is 26.1. The van der Waals surface area contributed by atoms with Crippen LogP contribution in [0.2, 0.25) is 5.02 Å². The molecular formula is C30H42ClN3O4S. The molecule has 39 heavy (non-hydrogen) atoms. The van der Waals surface area contributed by atoms with Gasteiger partial charge in [0.1, 0.15) is 17.7 Å². The number of anilines is 1. The SMILES string of the molecule is CCC(C)(C)N(C(=O)C(CS)NC(=O)OC(C)(C)C)C(C(=O)Nc1c(C)cccc1Cl)c1c(C)cccc1C. The molecule has 2 N–H and O–H groups in total. The smallest absolute Gasteiger partial charge is 0.408 e. The maximum absolute atomic E-state index is 14.3. The van der Waals surface area contributed by atoms with Gasteiger partial charge in [-0.2, -0.15) is 12.6 Å². The fourth-order valence-corrected chi connectivity index (χ4v) is 4.88. The van der Waals surface area contributed by atoms with E-state index in [0.29, 0.717) is 22.7 Å². The summed E-state index contributed by atoms with van der Waals surface area (Å²) in [6, 6.07) is 9.07. The molecule has 9 heteroatoms. The summed E-state index contributed by atoms with van der Waals surface area (Å²) in [7, 11) is 0. The Balaban J connectivity index is 2.70. The minimum absolute atomic E-state index is 0.0130. The lowest BCUT2D eigenvalue weighted by molar-refractivity contribution is -0.147. The fourth-order valence-electron chi connectivity index (χ4n) is 4.37. The highest BCUT2D eigenvalue weighted by atomic mass is 35.5. The fraction of sp³-hybridized carbons (Fsp3) is 0.500. The molecule has 0 aliphatic carbocycles. The lowest BCUT2D eigenvalue weighted by Gasteiger charge is -2.45. The standard InChI is InChI=1S/C30H42ClN3O4S/c1-10-30(8,9)34(27(36)22(17-39)32-28(37)38-29(5,6)7)25(23-18(2)13-11-14-19(23)3)26(35)33-24-20(4)15-12-16-21(24)31/h11-16,22,25,39H,10,17H2,1-9H3,(H,32,37)(H,33,35). The third kappa shape index (κ3) is 8.15. The van der Waals surface area contributed by atoms with Crippen LogP contribution < -0.4 is 10.6 Å². The zero-order valence-electron chi connectivity index (χ0n) is 24.4. The first-order valence-electron chi connectivity index (χ1n) is 13.1. The number of para-hydroxylation sites is 1. The van der Waals surface area contributed by atoms with Gasteiger partial charge in [-0.1, -0.05) is 48.9 Å². The normalized spacial score (nSPS) is 13.3. The first kappa shape index (κ1) is 32.5. The Morgan fingerprint density at radius 2 is 1.51 bits per heavy atom. The molecule has 7 nitrogen and oxygen atoms in total. The average molecular weight is 576 g/mol. The predicted molar refractivity (Wildman–Crippen MR) is 162 cm³/mol. The second-order valence-corrected chi connectivity index (χ2v) is 12.2. The summed E-state index contributed by atoms with van der Waals surface area (Å²) < 4.78 is 5.40. The van der Waals surface area contributed by atoms with E-state index in [9.17, 15) is 14.4 Å². The second-order valence-electron chi connectivity index (χ2n) is 11.4. The van der Waals surface area contributed by atoms with Crippen molar-refractivity contribution in [1.29, 1.82) is 0 Å². The largest absolute Gasteiger partial charge is 0.444 e. The molecule has 2 aromatic rings. The van der Waals surface area contributed by atoms with E-state index >= 15 is 0 Å². The van der Waals surface area contributed by atoms with Crippen molar-refractivity contribution >= 4 is 47.8 Å². The van der Waals surface area contributed by atoms with Gasteiger partial charge in [-0.3, -0.25) is 9.59 Å². The number of carbonyl (C=O) groups is 3. The van der Waals surface area contributed by atoms with Gasteiger partial charge < -0.3 is 20.3 Å². The molecule has 0 bridgehead atoms. The van der Waals surface area contributed by atoms with Crippen molar-refractivity contribution in [3.05, 3.63) is 63.7 Å². The molecule has 0 heterocycles. The average Bonchev–Trinajstić information content (AvgIpc) is 2.82. The summed E-state index contributed by atoms with van der Waals surface area (Å²) >= 11 is 10.8. The highest BCUT2D eigenvalue weighted by Crippen LogP contribution is 2.37. The number of hydrogen-bond acceptors (Lipinski definition) is 5. The summed E-state index contributed by atoms with van der Waals surface area (Å²) in [5, 5.41) is 6.06. The van der Waals surface area contributed by atoms with Gasteiger partial charge in [0.15, 0.2) is 0 Å². The van der Waals surface area contributed by atoms with Crippen molar-refractivity contribution in [2.24, 2.45) is 0 Å². The van der Waals surface area contributed by atoms with Crippen molar-refractivity contribution < 1.29 is 19.1 Å². The molecule has 2 aromatic carbocycles. The number of halogens is 1. The molecule has 0 aliphatic heterocycles. The Labute approximate surface area is 243 Å². The number of benzene rings is 2. The Morgan fingerprint density at radius 1 is 0.974 bits per heavy atom. The van der Waals surface area contributed by atoms with Crippen LogP contribution in [0.3, 0.4) is 0 Å². The van der Waals surface area contributed by atoms with Crippen molar-refractivity contribution in [2.45, 2.75) is 92.0 Å². The molecule has 0 saturated carbocycles.